The zero-order valence-electron chi connectivity index (χ0n) is 19.5. The number of nitrogens with zero attached hydrogens (tertiary/aromatic N) is 4. The van der Waals surface area contributed by atoms with Gasteiger partial charge < -0.3 is 14.1 Å². The van der Waals surface area contributed by atoms with Crippen LogP contribution in [-0.2, 0) is 0 Å². The van der Waals surface area contributed by atoms with Crippen molar-refractivity contribution in [3.05, 3.63) is 88.2 Å². The predicted molar refractivity (Wildman–Crippen MR) is 126 cm³/mol. The van der Waals surface area contributed by atoms with Gasteiger partial charge in [-0.3, -0.25) is 19.9 Å². The first kappa shape index (κ1) is 23.5. The predicted octanol–water partition coefficient (Wildman–Crippen LogP) is 4.43. The second kappa shape index (κ2) is 8.57. The fraction of sp³-hybridized carbons (Fsp3) is 0.160. The van der Waals surface area contributed by atoms with Crippen LogP contribution in [-0.4, -0.2) is 48.4 Å². The van der Waals surface area contributed by atoms with Crippen LogP contribution in [0.25, 0.3) is 22.4 Å². The number of aromatic nitrogens is 5. The van der Waals surface area contributed by atoms with E-state index in [9.17, 15) is 22.8 Å². The number of H-pyrrole nitrogens is 2. The number of aromatic amines is 2. The SMILES string of the molecule is CC(F)(F)CN1C(=O)c2[nH]nc(-c3cccc4[nH]c(=O)oc34)c2C1c1cnc(Oc2ccc(F)cc2)cn1. The summed E-state index contributed by atoms with van der Waals surface area (Å²) in [5, 5.41) is 6.92. The third kappa shape index (κ3) is 4.07. The van der Waals surface area contributed by atoms with Crippen LogP contribution in [0.1, 0.15) is 34.7 Å². The van der Waals surface area contributed by atoms with Crippen LogP contribution in [0, 0.1) is 5.82 Å². The number of alkyl halides is 2. The molecule has 192 valence electrons. The van der Waals surface area contributed by atoms with E-state index in [0.717, 1.165) is 4.90 Å². The second-order valence-corrected chi connectivity index (χ2v) is 8.80. The van der Waals surface area contributed by atoms with Crippen LogP contribution in [0.4, 0.5) is 13.2 Å². The second-order valence-electron chi connectivity index (χ2n) is 8.80. The number of para-hydroxylation sites is 1. The highest BCUT2D eigenvalue weighted by atomic mass is 19.3. The van der Waals surface area contributed by atoms with Gasteiger partial charge in [0.05, 0.1) is 30.1 Å². The molecule has 0 saturated heterocycles. The van der Waals surface area contributed by atoms with Crippen molar-refractivity contribution in [1.82, 2.24) is 30.0 Å². The molecule has 5 aromatic rings. The topological polar surface area (TPSA) is 130 Å². The van der Waals surface area contributed by atoms with Gasteiger partial charge in [-0.25, -0.2) is 22.9 Å². The minimum atomic E-state index is -3.21. The van der Waals surface area contributed by atoms with Crippen molar-refractivity contribution < 1.29 is 27.1 Å². The molecule has 10 nitrogen and oxygen atoms in total. The molecular formula is C25H17F3N6O4. The Morgan fingerprint density at radius 3 is 2.61 bits per heavy atom. The monoisotopic (exact) mass is 522 g/mol. The summed E-state index contributed by atoms with van der Waals surface area (Å²) < 4.78 is 52.4. The quantitative estimate of drug-likeness (QED) is 0.337. The van der Waals surface area contributed by atoms with Crippen molar-refractivity contribution in [3.63, 3.8) is 0 Å². The Kier molecular flexibility index (Phi) is 5.29. The summed E-state index contributed by atoms with van der Waals surface area (Å²) in [5.41, 5.74) is 1.70. The third-order valence-corrected chi connectivity index (χ3v) is 5.98. The van der Waals surface area contributed by atoms with Gasteiger partial charge >= 0.3 is 5.76 Å². The van der Waals surface area contributed by atoms with E-state index in [4.69, 9.17) is 9.15 Å². The van der Waals surface area contributed by atoms with Crippen molar-refractivity contribution in [2.45, 2.75) is 18.9 Å². The molecule has 38 heavy (non-hydrogen) atoms. The van der Waals surface area contributed by atoms with E-state index in [1.165, 1.54) is 36.7 Å². The lowest BCUT2D eigenvalue weighted by Crippen LogP contribution is -2.38. The van der Waals surface area contributed by atoms with E-state index in [0.29, 0.717) is 23.8 Å². The summed E-state index contributed by atoms with van der Waals surface area (Å²) in [5.74, 6) is -4.62. The van der Waals surface area contributed by atoms with Crippen molar-refractivity contribution in [1.29, 1.82) is 0 Å². The van der Waals surface area contributed by atoms with Crippen LogP contribution < -0.4 is 10.5 Å². The number of nitrogens with one attached hydrogen (secondary N) is 2. The van der Waals surface area contributed by atoms with E-state index < -0.39 is 36.0 Å². The maximum atomic E-state index is 14.2. The van der Waals surface area contributed by atoms with Gasteiger partial charge in [0.15, 0.2) is 5.58 Å². The highest BCUT2D eigenvalue weighted by Gasteiger charge is 2.46. The highest BCUT2D eigenvalue weighted by molar-refractivity contribution is 6.01. The fourth-order valence-corrected chi connectivity index (χ4v) is 4.48. The van der Waals surface area contributed by atoms with E-state index in [-0.39, 0.29) is 34.1 Å². The lowest BCUT2D eigenvalue weighted by Gasteiger charge is -2.27. The Balaban J connectivity index is 1.44. The Bertz CT molecular complexity index is 1720. The molecule has 4 heterocycles. The molecule has 0 saturated carbocycles. The number of ether oxygens (including phenoxy) is 1. The summed E-state index contributed by atoms with van der Waals surface area (Å²) in [6, 6.07) is 9.12. The van der Waals surface area contributed by atoms with E-state index in [1.807, 2.05) is 0 Å². The molecule has 0 radical (unpaired) electrons. The average Bonchev–Trinajstić information content (AvgIpc) is 3.54. The molecule has 0 spiro atoms. The number of amides is 1. The molecule has 6 rings (SSSR count). The summed E-state index contributed by atoms with van der Waals surface area (Å²) in [6.07, 6.45) is 2.58. The highest BCUT2D eigenvalue weighted by Crippen LogP contribution is 2.44. The number of benzene rings is 2. The first-order valence-corrected chi connectivity index (χ1v) is 11.3. The van der Waals surface area contributed by atoms with Gasteiger partial charge in [0, 0.05) is 18.1 Å². The molecule has 1 aliphatic rings. The maximum absolute atomic E-state index is 14.2. The molecule has 3 aromatic heterocycles. The summed E-state index contributed by atoms with van der Waals surface area (Å²) in [4.78, 5) is 37.2. The zero-order valence-corrected chi connectivity index (χ0v) is 19.5. The minimum absolute atomic E-state index is 0.0116. The molecule has 0 bridgehead atoms. The fourth-order valence-electron chi connectivity index (χ4n) is 4.48. The molecule has 13 heteroatoms. The number of hydrogen-bond donors (Lipinski definition) is 2. The van der Waals surface area contributed by atoms with Crippen LogP contribution in [0.3, 0.4) is 0 Å². The van der Waals surface area contributed by atoms with Crippen molar-refractivity contribution in [3.8, 4) is 22.9 Å². The summed E-state index contributed by atoms with van der Waals surface area (Å²) in [7, 11) is 0. The molecule has 0 fully saturated rings. The van der Waals surface area contributed by atoms with Gasteiger partial charge in [-0.1, -0.05) is 6.07 Å². The summed E-state index contributed by atoms with van der Waals surface area (Å²) in [6.45, 7) is -0.179. The number of fused-ring (bicyclic) bond motifs is 2. The number of rotatable bonds is 6. The van der Waals surface area contributed by atoms with Crippen molar-refractivity contribution in [2.75, 3.05) is 6.54 Å². The molecule has 1 aliphatic heterocycles. The third-order valence-electron chi connectivity index (χ3n) is 5.98. The molecule has 1 amide bonds. The largest absolute Gasteiger partial charge is 0.438 e. The maximum Gasteiger partial charge on any atom is 0.417 e. The number of hydrogen-bond acceptors (Lipinski definition) is 7. The Hall–Kier alpha value is -4.94. The van der Waals surface area contributed by atoms with E-state index in [1.54, 1.807) is 18.2 Å². The smallest absolute Gasteiger partial charge is 0.417 e. The van der Waals surface area contributed by atoms with Crippen molar-refractivity contribution in [2.24, 2.45) is 0 Å². The Morgan fingerprint density at radius 2 is 1.89 bits per heavy atom. The van der Waals surface area contributed by atoms with Crippen LogP contribution in [0.5, 0.6) is 11.6 Å². The minimum Gasteiger partial charge on any atom is -0.438 e. The van der Waals surface area contributed by atoms with Gasteiger partial charge in [-0.2, -0.15) is 5.10 Å². The van der Waals surface area contributed by atoms with E-state index >= 15 is 0 Å². The number of oxazole rings is 1. The molecule has 2 aromatic carbocycles. The molecule has 2 N–H and O–H groups in total. The average molecular weight is 522 g/mol. The molecular weight excluding hydrogens is 505 g/mol. The van der Waals surface area contributed by atoms with Gasteiger partial charge in [0.1, 0.15) is 29.0 Å². The number of carbonyl (C=O) groups is 1. The first-order chi connectivity index (χ1) is 18.2. The van der Waals surface area contributed by atoms with Crippen LogP contribution in [0.15, 0.2) is 64.1 Å². The van der Waals surface area contributed by atoms with Crippen LogP contribution in [0.2, 0.25) is 0 Å². The molecule has 0 aliphatic carbocycles. The lowest BCUT2D eigenvalue weighted by molar-refractivity contribution is -0.0151. The van der Waals surface area contributed by atoms with Gasteiger partial charge in [0.25, 0.3) is 11.8 Å². The van der Waals surface area contributed by atoms with Crippen LogP contribution >= 0.6 is 0 Å². The Morgan fingerprint density at radius 1 is 1.11 bits per heavy atom. The Labute approximate surface area is 211 Å². The van der Waals surface area contributed by atoms with Gasteiger partial charge in [-0.15, -0.1) is 0 Å². The lowest BCUT2D eigenvalue weighted by atomic mass is 9.99. The molecule has 1 atom stereocenters. The van der Waals surface area contributed by atoms with E-state index in [2.05, 4.69) is 25.1 Å². The normalized spacial score (nSPS) is 15.3. The van der Waals surface area contributed by atoms with Gasteiger partial charge in [-0.05, 0) is 36.4 Å². The zero-order chi connectivity index (χ0) is 26.6. The first-order valence-electron chi connectivity index (χ1n) is 11.3. The molecule has 1 unspecified atom stereocenters. The van der Waals surface area contributed by atoms with Gasteiger partial charge in [0.2, 0.25) is 5.88 Å². The summed E-state index contributed by atoms with van der Waals surface area (Å²) >= 11 is 0. The standard InChI is InChI=1S/C25H17F3N6O4/c1-25(27,28)11-34-21(16-9-30-17(10-29-16)37-13-7-5-12(26)6-8-13)18-19(32-33-20(18)23(34)35)14-3-2-4-15-22(14)38-24(36)31-15/h2-10,21H,11H2,1H3,(H,31,36)(H,32,33). The number of halogens is 3. The van der Waals surface area contributed by atoms with Crippen molar-refractivity contribution >= 4 is 17.0 Å². The number of carbonyl (C=O) groups excluding carboxylic acids is 1.